The van der Waals surface area contributed by atoms with Crippen LogP contribution >= 0.6 is 0 Å². The standard InChI is InChI=1S/C18H21FN2O4S/c1-11(2)21-26(23,24)17-10-13(5-8-16(17)25-4)18(22)20-15-7-6-14(19)9-12(15)3/h5-11,21H,1-4H3,(H,20,22). The fourth-order valence-electron chi connectivity index (χ4n) is 2.36. The van der Waals surface area contributed by atoms with Crippen LogP contribution in [-0.2, 0) is 10.0 Å². The van der Waals surface area contributed by atoms with Crippen molar-refractivity contribution in [3.63, 3.8) is 0 Å². The van der Waals surface area contributed by atoms with Crippen LogP contribution in [0.4, 0.5) is 10.1 Å². The predicted octanol–water partition coefficient (Wildman–Crippen LogP) is 3.08. The molecule has 0 aliphatic rings. The molecule has 26 heavy (non-hydrogen) atoms. The number of halogens is 1. The van der Waals surface area contributed by atoms with Gasteiger partial charge in [-0.1, -0.05) is 0 Å². The Morgan fingerprint density at radius 1 is 1.15 bits per heavy atom. The Morgan fingerprint density at radius 2 is 1.85 bits per heavy atom. The van der Waals surface area contributed by atoms with Gasteiger partial charge in [0, 0.05) is 17.3 Å². The van der Waals surface area contributed by atoms with E-state index in [1.807, 2.05) is 0 Å². The van der Waals surface area contributed by atoms with E-state index in [2.05, 4.69) is 10.0 Å². The molecule has 2 aromatic carbocycles. The van der Waals surface area contributed by atoms with Gasteiger partial charge in [0.15, 0.2) is 0 Å². The van der Waals surface area contributed by atoms with Gasteiger partial charge >= 0.3 is 0 Å². The quantitative estimate of drug-likeness (QED) is 0.807. The van der Waals surface area contributed by atoms with Crippen LogP contribution in [0.2, 0.25) is 0 Å². The molecule has 0 aliphatic carbocycles. The lowest BCUT2D eigenvalue weighted by Gasteiger charge is -2.14. The van der Waals surface area contributed by atoms with Crippen molar-refractivity contribution in [3.05, 3.63) is 53.3 Å². The molecular weight excluding hydrogens is 359 g/mol. The van der Waals surface area contributed by atoms with Crippen molar-refractivity contribution in [2.45, 2.75) is 31.7 Å². The average molecular weight is 380 g/mol. The van der Waals surface area contributed by atoms with E-state index in [4.69, 9.17) is 4.74 Å². The Bertz CT molecular complexity index is 927. The number of nitrogens with one attached hydrogen (secondary N) is 2. The van der Waals surface area contributed by atoms with E-state index in [9.17, 15) is 17.6 Å². The van der Waals surface area contributed by atoms with Crippen molar-refractivity contribution in [3.8, 4) is 5.75 Å². The molecule has 140 valence electrons. The van der Waals surface area contributed by atoms with E-state index in [0.29, 0.717) is 11.3 Å². The number of amides is 1. The van der Waals surface area contributed by atoms with Gasteiger partial charge in [0.05, 0.1) is 7.11 Å². The van der Waals surface area contributed by atoms with Gasteiger partial charge in [0.25, 0.3) is 5.91 Å². The van der Waals surface area contributed by atoms with Crippen LogP contribution in [0.25, 0.3) is 0 Å². The molecule has 0 atom stereocenters. The number of methoxy groups -OCH3 is 1. The zero-order valence-electron chi connectivity index (χ0n) is 15.0. The van der Waals surface area contributed by atoms with Gasteiger partial charge in [0.2, 0.25) is 10.0 Å². The maximum absolute atomic E-state index is 13.2. The average Bonchev–Trinajstić information content (AvgIpc) is 2.55. The van der Waals surface area contributed by atoms with Crippen LogP contribution in [0.3, 0.4) is 0 Å². The third-order valence-electron chi connectivity index (χ3n) is 3.54. The van der Waals surface area contributed by atoms with E-state index in [-0.39, 0.29) is 22.3 Å². The van der Waals surface area contributed by atoms with Crippen molar-refractivity contribution in [1.82, 2.24) is 4.72 Å². The zero-order chi connectivity index (χ0) is 19.5. The van der Waals surface area contributed by atoms with Crippen LogP contribution < -0.4 is 14.8 Å². The Labute approximate surface area is 152 Å². The lowest BCUT2D eigenvalue weighted by molar-refractivity contribution is 0.102. The topological polar surface area (TPSA) is 84.5 Å². The maximum Gasteiger partial charge on any atom is 0.255 e. The van der Waals surface area contributed by atoms with Gasteiger partial charge in [0.1, 0.15) is 16.5 Å². The minimum Gasteiger partial charge on any atom is -0.495 e. The molecule has 0 aliphatic heterocycles. The van der Waals surface area contributed by atoms with Gasteiger partial charge in [-0.05, 0) is 62.7 Å². The summed E-state index contributed by atoms with van der Waals surface area (Å²) in [4.78, 5) is 12.4. The van der Waals surface area contributed by atoms with Crippen LogP contribution in [0.15, 0.2) is 41.3 Å². The second kappa shape index (κ2) is 7.84. The molecule has 2 aromatic rings. The monoisotopic (exact) mass is 380 g/mol. The molecule has 2 rings (SSSR count). The smallest absolute Gasteiger partial charge is 0.255 e. The Balaban J connectivity index is 2.38. The highest BCUT2D eigenvalue weighted by atomic mass is 32.2. The first kappa shape index (κ1) is 19.9. The van der Waals surface area contributed by atoms with Crippen molar-refractivity contribution < 1.29 is 22.3 Å². The van der Waals surface area contributed by atoms with E-state index in [1.54, 1.807) is 20.8 Å². The van der Waals surface area contributed by atoms with Crippen molar-refractivity contribution in [1.29, 1.82) is 0 Å². The first-order chi connectivity index (χ1) is 12.1. The number of hydrogen-bond acceptors (Lipinski definition) is 4. The lowest BCUT2D eigenvalue weighted by atomic mass is 10.1. The third kappa shape index (κ3) is 4.59. The maximum atomic E-state index is 13.2. The molecular formula is C18H21FN2O4S. The van der Waals surface area contributed by atoms with Gasteiger partial charge < -0.3 is 10.1 Å². The summed E-state index contributed by atoms with van der Waals surface area (Å²) in [5.74, 6) is -0.783. The fourth-order valence-corrected chi connectivity index (χ4v) is 3.81. The minimum atomic E-state index is -3.85. The number of carbonyl (C=O) groups excluding carboxylic acids is 1. The molecule has 1 amide bonds. The summed E-state index contributed by atoms with van der Waals surface area (Å²) in [6.45, 7) is 5.05. The number of rotatable bonds is 6. The SMILES string of the molecule is COc1ccc(C(=O)Nc2ccc(F)cc2C)cc1S(=O)(=O)NC(C)C. The van der Waals surface area contributed by atoms with Gasteiger partial charge in [-0.2, -0.15) is 0 Å². The number of hydrogen-bond donors (Lipinski definition) is 2. The second-order valence-corrected chi connectivity index (χ2v) is 7.74. The molecule has 2 N–H and O–H groups in total. The second-order valence-electron chi connectivity index (χ2n) is 6.05. The first-order valence-corrected chi connectivity index (χ1v) is 9.40. The molecule has 0 heterocycles. The van der Waals surface area contributed by atoms with Crippen molar-refractivity contribution in [2.24, 2.45) is 0 Å². The molecule has 0 saturated carbocycles. The van der Waals surface area contributed by atoms with Crippen LogP contribution in [0.5, 0.6) is 5.75 Å². The summed E-state index contributed by atoms with van der Waals surface area (Å²) in [7, 11) is -2.50. The summed E-state index contributed by atoms with van der Waals surface area (Å²) in [6, 6.07) is 7.79. The fraction of sp³-hybridized carbons (Fsp3) is 0.278. The van der Waals surface area contributed by atoms with Crippen molar-refractivity contribution in [2.75, 3.05) is 12.4 Å². The number of sulfonamides is 1. The highest BCUT2D eigenvalue weighted by molar-refractivity contribution is 7.89. The van der Waals surface area contributed by atoms with E-state index in [0.717, 1.165) is 0 Å². The van der Waals surface area contributed by atoms with Gasteiger partial charge in [-0.15, -0.1) is 0 Å². The van der Waals surface area contributed by atoms with Crippen molar-refractivity contribution >= 4 is 21.6 Å². The molecule has 6 nitrogen and oxygen atoms in total. The highest BCUT2D eigenvalue weighted by Gasteiger charge is 2.22. The Morgan fingerprint density at radius 3 is 2.42 bits per heavy atom. The summed E-state index contributed by atoms with van der Waals surface area (Å²) in [6.07, 6.45) is 0. The Kier molecular flexibility index (Phi) is 5.99. The molecule has 0 saturated heterocycles. The van der Waals surface area contributed by atoms with E-state index < -0.39 is 21.7 Å². The zero-order valence-corrected chi connectivity index (χ0v) is 15.8. The predicted molar refractivity (Wildman–Crippen MR) is 97.5 cm³/mol. The molecule has 0 radical (unpaired) electrons. The van der Waals surface area contributed by atoms with Crippen LogP contribution in [-0.4, -0.2) is 27.5 Å². The number of carbonyl (C=O) groups is 1. The van der Waals surface area contributed by atoms with Gasteiger partial charge in [-0.25, -0.2) is 17.5 Å². The minimum absolute atomic E-state index is 0.128. The van der Waals surface area contributed by atoms with Gasteiger partial charge in [-0.3, -0.25) is 4.79 Å². The number of benzene rings is 2. The molecule has 0 spiro atoms. The van der Waals surface area contributed by atoms with Crippen LogP contribution in [0, 0.1) is 12.7 Å². The first-order valence-electron chi connectivity index (χ1n) is 7.92. The molecule has 0 fully saturated rings. The van der Waals surface area contributed by atoms with Crippen LogP contribution in [0.1, 0.15) is 29.8 Å². The van der Waals surface area contributed by atoms with E-state index in [1.165, 1.54) is 43.5 Å². The summed E-state index contributed by atoms with van der Waals surface area (Å²) >= 11 is 0. The Hall–Kier alpha value is -2.45. The number of ether oxygens (including phenoxy) is 1. The highest BCUT2D eigenvalue weighted by Crippen LogP contribution is 2.26. The number of aryl methyl sites for hydroxylation is 1. The van der Waals surface area contributed by atoms with E-state index >= 15 is 0 Å². The number of anilines is 1. The largest absolute Gasteiger partial charge is 0.495 e. The molecule has 0 bridgehead atoms. The summed E-state index contributed by atoms with van der Waals surface area (Å²) in [5, 5.41) is 2.65. The summed E-state index contributed by atoms with van der Waals surface area (Å²) < 4.78 is 45.7. The molecule has 8 heteroatoms. The normalized spacial score (nSPS) is 11.5. The lowest BCUT2D eigenvalue weighted by Crippen LogP contribution is -2.30. The molecule has 0 aromatic heterocycles. The third-order valence-corrected chi connectivity index (χ3v) is 5.22. The molecule has 0 unspecified atom stereocenters. The summed E-state index contributed by atoms with van der Waals surface area (Å²) in [5.41, 5.74) is 1.14.